The lowest BCUT2D eigenvalue weighted by Gasteiger charge is -2.06. The summed E-state index contributed by atoms with van der Waals surface area (Å²) in [4.78, 5) is 40.6. The predicted molar refractivity (Wildman–Crippen MR) is 109 cm³/mol. The summed E-state index contributed by atoms with van der Waals surface area (Å²) in [6, 6.07) is 25.0. The topological polar surface area (TPSA) is 91.7 Å². The van der Waals surface area contributed by atoms with E-state index in [9.17, 15) is 14.2 Å². The zero-order valence-corrected chi connectivity index (χ0v) is 16.3. The highest BCUT2D eigenvalue weighted by atomic mass is 31.2. The lowest BCUT2D eigenvalue weighted by Crippen LogP contribution is -2.03. The molecule has 0 aliphatic carbocycles. The van der Waals surface area contributed by atoms with E-state index < -0.39 is 13.1 Å². The molecule has 3 aromatic carbocycles. The minimum atomic E-state index is -4.66. The number of aryl methyl sites for hydroxylation is 1. The first kappa shape index (κ1) is 21.5. The van der Waals surface area contributed by atoms with Gasteiger partial charge >= 0.3 is 7.60 Å². The van der Waals surface area contributed by atoms with Crippen molar-refractivity contribution in [1.29, 1.82) is 0 Å². The Morgan fingerprint density at radius 1 is 0.750 bits per heavy atom. The monoisotopic (exact) mass is 396 g/mol. The summed E-state index contributed by atoms with van der Waals surface area (Å²) < 4.78 is 10.7. The van der Waals surface area contributed by atoms with E-state index in [0.29, 0.717) is 12.0 Å². The molecule has 0 amide bonds. The number of carbonyl (C=O) groups excluding carboxylic acids is 2. The second-order valence-electron chi connectivity index (χ2n) is 5.92. The van der Waals surface area contributed by atoms with E-state index in [1.54, 1.807) is 18.2 Å². The first-order chi connectivity index (χ1) is 13.3. The van der Waals surface area contributed by atoms with Gasteiger partial charge in [0.1, 0.15) is 0 Å². The third-order valence-corrected chi connectivity index (χ3v) is 4.74. The number of carbonyl (C=O) groups is 2. The minimum Gasteiger partial charge on any atom is -0.319 e. The summed E-state index contributed by atoms with van der Waals surface area (Å²) in [5.74, 6) is 0.0752. The third kappa shape index (κ3) is 5.83. The van der Waals surface area contributed by atoms with Crippen molar-refractivity contribution < 1.29 is 23.9 Å². The fourth-order valence-corrected chi connectivity index (χ4v) is 3.07. The van der Waals surface area contributed by atoms with Gasteiger partial charge in [0.25, 0.3) is 5.52 Å². The predicted octanol–water partition coefficient (Wildman–Crippen LogP) is 4.48. The van der Waals surface area contributed by atoms with Crippen LogP contribution in [0.1, 0.15) is 38.8 Å². The van der Waals surface area contributed by atoms with Crippen molar-refractivity contribution in [3.8, 4) is 0 Å². The van der Waals surface area contributed by atoms with Crippen molar-refractivity contribution in [2.45, 2.75) is 13.3 Å². The van der Waals surface area contributed by atoms with Gasteiger partial charge < -0.3 is 9.79 Å². The average molecular weight is 396 g/mol. The normalized spacial score (nSPS) is 10.5. The van der Waals surface area contributed by atoms with Gasteiger partial charge in [-0.3, -0.25) is 14.2 Å². The fraction of sp³-hybridized carbons (Fsp3) is 0.0909. The summed E-state index contributed by atoms with van der Waals surface area (Å²) >= 11 is 0. The first-order valence-electron chi connectivity index (χ1n) is 8.67. The fourth-order valence-electron chi connectivity index (χ4n) is 2.54. The Bertz CT molecular complexity index is 937. The molecule has 3 aromatic rings. The second-order valence-corrected chi connectivity index (χ2v) is 7.42. The van der Waals surface area contributed by atoms with Gasteiger partial charge in [0, 0.05) is 16.7 Å². The molecule has 0 heterocycles. The largest absolute Gasteiger partial charge is 0.396 e. The van der Waals surface area contributed by atoms with Crippen LogP contribution in [0.4, 0.5) is 0 Å². The molecular formula is C22H21O5P. The van der Waals surface area contributed by atoms with Crippen molar-refractivity contribution in [3.63, 3.8) is 0 Å². The minimum absolute atomic E-state index is 0.0752. The molecule has 5 nitrogen and oxygen atoms in total. The van der Waals surface area contributed by atoms with Crippen molar-refractivity contribution in [2.24, 2.45) is 0 Å². The summed E-state index contributed by atoms with van der Waals surface area (Å²) in [6.07, 6.45) is 0.571. The summed E-state index contributed by atoms with van der Waals surface area (Å²) in [5.41, 5.74) is 1.14. The molecule has 0 saturated carbocycles. The molecule has 0 aromatic heterocycles. The van der Waals surface area contributed by atoms with Crippen LogP contribution in [0.5, 0.6) is 0 Å². The van der Waals surface area contributed by atoms with Gasteiger partial charge in [0.2, 0.25) is 0 Å². The maximum atomic E-state index is 11.8. The second kappa shape index (κ2) is 9.90. The maximum Gasteiger partial charge on any atom is 0.396 e. The Morgan fingerprint density at radius 2 is 1.18 bits per heavy atom. The van der Waals surface area contributed by atoms with E-state index in [1.807, 2.05) is 67.6 Å². The van der Waals surface area contributed by atoms with Crippen LogP contribution in [0.3, 0.4) is 0 Å². The number of benzene rings is 3. The smallest absolute Gasteiger partial charge is 0.319 e. The molecule has 0 unspecified atom stereocenters. The lowest BCUT2D eigenvalue weighted by atomic mass is 10.0. The lowest BCUT2D eigenvalue weighted by molar-refractivity contribution is 0.103. The number of hydrogen-bond acceptors (Lipinski definition) is 3. The van der Waals surface area contributed by atoms with Crippen LogP contribution >= 0.6 is 7.60 Å². The van der Waals surface area contributed by atoms with Crippen LogP contribution in [0.2, 0.25) is 0 Å². The summed E-state index contributed by atoms with van der Waals surface area (Å²) in [5, 5.41) is 0. The standard InChI is InChI=1S/C13H10O.C9H11O4P/c14-13(11-7-3-1-4-8-11)12-9-5-2-6-10-12;1-2-7-5-3-4-6-8(7)9(10)14(11,12)13/h1-10H;3-6H,2H2,1H3,(H2,11,12,13). The Labute approximate surface area is 163 Å². The van der Waals surface area contributed by atoms with E-state index in [2.05, 4.69) is 0 Å². The molecule has 0 bridgehead atoms. The molecule has 0 radical (unpaired) electrons. The number of rotatable bonds is 5. The van der Waals surface area contributed by atoms with Gasteiger partial charge in [0.15, 0.2) is 5.78 Å². The van der Waals surface area contributed by atoms with E-state index in [1.165, 1.54) is 6.07 Å². The molecule has 0 aliphatic rings. The van der Waals surface area contributed by atoms with Crippen molar-refractivity contribution in [1.82, 2.24) is 0 Å². The number of hydrogen-bond donors (Lipinski definition) is 2. The van der Waals surface area contributed by atoms with Crippen molar-refractivity contribution >= 4 is 18.9 Å². The summed E-state index contributed by atoms with van der Waals surface area (Å²) in [7, 11) is -4.66. The van der Waals surface area contributed by atoms with Crippen LogP contribution in [0, 0.1) is 0 Å². The molecule has 3 rings (SSSR count). The number of ketones is 1. The zero-order valence-electron chi connectivity index (χ0n) is 15.4. The van der Waals surface area contributed by atoms with Crippen molar-refractivity contribution in [2.75, 3.05) is 0 Å². The Morgan fingerprint density at radius 3 is 1.61 bits per heavy atom. The van der Waals surface area contributed by atoms with Crippen molar-refractivity contribution in [3.05, 3.63) is 107 Å². The molecule has 0 spiro atoms. The molecule has 0 fully saturated rings. The average Bonchev–Trinajstić information content (AvgIpc) is 2.73. The van der Waals surface area contributed by atoms with Gasteiger partial charge in [-0.25, -0.2) is 0 Å². The van der Waals surface area contributed by atoms with E-state index >= 15 is 0 Å². The molecule has 144 valence electrons. The highest BCUT2D eigenvalue weighted by molar-refractivity contribution is 7.70. The zero-order chi connectivity index (χ0) is 20.6. The molecule has 2 N–H and O–H groups in total. The quantitative estimate of drug-likeness (QED) is 0.490. The Kier molecular flexibility index (Phi) is 7.59. The maximum absolute atomic E-state index is 11.8. The van der Waals surface area contributed by atoms with Crippen LogP contribution < -0.4 is 0 Å². The van der Waals surface area contributed by atoms with Gasteiger partial charge in [0.05, 0.1) is 0 Å². The molecule has 0 aliphatic heterocycles. The van der Waals surface area contributed by atoms with Crippen LogP contribution in [-0.4, -0.2) is 21.1 Å². The van der Waals surface area contributed by atoms with Crippen LogP contribution in [0.25, 0.3) is 0 Å². The molecule has 6 heteroatoms. The Balaban J connectivity index is 0.000000200. The third-order valence-electron chi connectivity index (χ3n) is 3.97. The van der Waals surface area contributed by atoms with Crippen LogP contribution in [0.15, 0.2) is 84.9 Å². The van der Waals surface area contributed by atoms with E-state index in [0.717, 1.165) is 11.1 Å². The Hall–Kier alpha value is -2.85. The first-order valence-corrected chi connectivity index (χ1v) is 10.3. The van der Waals surface area contributed by atoms with E-state index in [-0.39, 0.29) is 11.3 Å². The SMILES string of the molecule is CCc1ccccc1C(=O)P(=O)(O)O.O=C(c1ccccc1)c1ccccc1. The van der Waals surface area contributed by atoms with Gasteiger partial charge in [-0.2, -0.15) is 0 Å². The van der Waals surface area contributed by atoms with Gasteiger partial charge in [-0.05, 0) is 12.0 Å². The van der Waals surface area contributed by atoms with E-state index in [4.69, 9.17) is 9.79 Å². The molecule has 28 heavy (non-hydrogen) atoms. The molecular weight excluding hydrogens is 375 g/mol. The molecule has 0 saturated heterocycles. The molecule has 0 atom stereocenters. The van der Waals surface area contributed by atoms with Crippen LogP contribution in [-0.2, 0) is 11.0 Å². The highest BCUT2D eigenvalue weighted by Crippen LogP contribution is 2.39. The summed E-state index contributed by atoms with van der Waals surface area (Å²) in [6.45, 7) is 1.83. The highest BCUT2D eigenvalue weighted by Gasteiger charge is 2.28. The van der Waals surface area contributed by atoms with Gasteiger partial charge in [-0.15, -0.1) is 0 Å². The van der Waals surface area contributed by atoms with Gasteiger partial charge in [-0.1, -0.05) is 91.9 Å².